The molecule has 0 saturated heterocycles. The normalized spacial score (nSPS) is 10.2. The quantitative estimate of drug-likeness (QED) is 0.735. The van der Waals surface area contributed by atoms with Gasteiger partial charge in [-0.25, -0.2) is 9.48 Å². The summed E-state index contributed by atoms with van der Waals surface area (Å²) in [5.41, 5.74) is -0.861. The van der Waals surface area contributed by atoms with Crippen molar-refractivity contribution in [1.82, 2.24) is 19.6 Å². The van der Waals surface area contributed by atoms with E-state index in [1.54, 1.807) is 0 Å². The Labute approximate surface area is 112 Å². The van der Waals surface area contributed by atoms with Crippen LogP contribution in [0.4, 0.5) is 0 Å². The Bertz CT molecular complexity index is 718. The summed E-state index contributed by atoms with van der Waals surface area (Å²) >= 11 is 0. The first-order valence-corrected chi connectivity index (χ1v) is 5.44. The number of methoxy groups -OCH3 is 1. The van der Waals surface area contributed by atoms with Gasteiger partial charge in [0.2, 0.25) is 11.1 Å². The average molecular weight is 278 g/mol. The highest BCUT2D eigenvalue weighted by Crippen LogP contribution is 2.04. The zero-order chi connectivity index (χ0) is 14.7. The van der Waals surface area contributed by atoms with Crippen LogP contribution in [0.2, 0.25) is 0 Å². The summed E-state index contributed by atoms with van der Waals surface area (Å²) in [6, 6.07) is 1.09. The fourth-order valence-electron chi connectivity index (χ4n) is 1.45. The molecule has 0 radical (unpaired) electrons. The topological polar surface area (TPSA) is 116 Å². The molecule has 2 heterocycles. The van der Waals surface area contributed by atoms with E-state index >= 15 is 0 Å². The highest BCUT2D eigenvalue weighted by molar-refractivity contribution is 5.84. The van der Waals surface area contributed by atoms with Gasteiger partial charge in [0.25, 0.3) is 0 Å². The molecule has 9 heteroatoms. The second-order valence-electron chi connectivity index (χ2n) is 3.75. The van der Waals surface area contributed by atoms with E-state index in [9.17, 15) is 14.4 Å². The molecule has 0 atom stereocenters. The molecule has 2 aromatic rings. The zero-order valence-electron chi connectivity index (χ0n) is 10.4. The molecule has 0 amide bonds. The fourth-order valence-corrected chi connectivity index (χ4v) is 1.45. The number of hydrogen-bond donors (Lipinski definition) is 1. The molecule has 0 unspecified atom stereocenters. The molecule has 0 aliphatic carbocycles. The standard InChI is InChI=1S/C11H10N4O5/c1-20-9(17)6-14-5-7(4-12-14)15-3-2-8(16)10(13-15)11(18)19/h2-5H,6H2,1H3,(H,18,19). The van der Waals surface area contributed by atoms with Crippen molar-refractivity contribution in [3.63, 3.8) is 0 Å². The molecular weight excluding hydrogens is 268 g/mol. The van der Waals surface area contributed by atoms with Gasteiger partial charge < -0.3 is 9.84 Å². The predicted molar refractivity (Wildman–Crippen MR) is 64.6 cm³/mol. The summed E-state index contributed by atoms with van der Waals surface area (Å²) in [5.74, 6) is -1.88. The number of nitrogens with zero attached hydrogens (tertiary/aromatic N) is 4. The first kappa shape index (κ1) is 13.5. The molecule has 2 aromatic heterocycles. The molecule has 0 saturated carbocycles. The van der Waals surface area contributed by atoms with Crippen LogP contribution in [0.5, 0.6) is 0 Å². The molecule has 0 aromatic carbocycles. The van der Waals surface area contributed by atoms with Gasteiger partial charge in [0, 0.05) is 12.3 Å². The summed E-state index contributed by atoms with van der Waals surface area (Å²) in [7, 11) is 1.26. The van der Waals surface area contributed by atoms with Gasteiger partial charge >= 0.3 is 11.9 Å². The van der Waals surface area contributed by atoms with Crippen molar-refractivity contribution >= 4 is 11.9 Å². The van der Waals surface area contributed by atoms with Gasteiger partial charge in [0.05, 0.1) is 19.5 Å². The van der Waals surface area contributed by atoms with Crippen LogP contribution in [0.1, 0.15) is 10.5 Å². The lowest BCUT2D eigenvalue weighted by molar-refractivity contribution is -0.141. The Morgan fingerprint density at radius 2 is 2.20 bits per heavy atom. The van der Waals surface area contributed by atoms with Crippen molar-refractivity contribution < 1.29 is 19.4 Å². The Kier molecular flexibility index (Phi) is 3.60. The number of carboxylic acids is 1. The fraction of sp³-hybridized carbons (Fsp3) is 0.182. The van der Waals surface area contributed by atoms with E-state index in [4.69, 9.17) is 5.11 Å². The van der Waals surface area contributed by atoms with Crippen LogP contribution in [0.3, 0.4) is 0 Å². The number of ether oxygens (including phenoxy) is 1. The molecule has 0 fully saturated rings. The number of carbonyl (C=O) groups excluding carboxylic acids is 1. The van der Waals surface area contributed by atoms with E-state index < -0.39 is 23.1 Å². The maximum absolute atomic E-state index is 11.3. The van der Waals surface area contributed by atoms with E-state index in [0.29, 0.717) is 5.69 Å². The SMILES string of the molecule is COC(=O)Cn1cc(-n2ccc(=O)c(C(=O)O)n2)cn1. The lowest BCUT2D eigenvalue weighted by Crippen LogP contribution is -2.20. The maximum atomic E-state index is 11.3. The Hall–Kier alpha value is -2.97. The van der Waals surface area contributed by atoms with Gasteiger partial charge in [0.15, 0.2) is 0 Å². The van der Waals surface area contributed by atoms with Gasteiger partial charge in [-0.3, -0.25) is 14.3 Å². The molecule has 9 nitrogen and oxygen atoms in total. The number of carboxylic acid groups (broad SMARTS) is 1. The van der Waals surface area contributed by atoms with Gasteiger partial charge in [0.1, 0.15) is 12.2 Å². The zero-order valence-corrected chi connectivity index (χ0v) is 10.4. The number of hydrogen-bond acceptors (Lipinski definition) is 6. The van der Waals surface area contributed by atoms with Crippen molar-refractivity contribution in [1.29, 1.82) is 0 Å². The van der Waals surface area contributed by atoms with Gasteiger partial charge in [-0.15, -0.1) is 0 Å². The minimum absolute atomic E-state index is 0.0809. The number of carbonyl (C=O) groups is 2. The number of esters is 1. The summed E-state index contributed by atoms with van der Waals surface area (Å²) in [6.07, 6.45) is 4.17. The molecule has 2 rings (SSSR count). The third-order valence-corrected chi connectivity index (χ3v) is 2.41. The molecular formula is C11H10N4O5. The summed E-state index contributed by atoms with van der Waals surface area (Å²) < 4.78 is 6.99. The molecule has 1 N–H and O–H groups in total. The predicted octanol–water partition coefficient (Wildman–Crippen LogP) is -0.700. The molecule has 20 heavy (non-hydrogen) atoms. The van der Waals surface area contributed by atoms with E-state index in [-0.39, 0.29) is 6.54 Å². The Morgan fingerprint density at radius 1 is 1.45 bits per heavy atom. The van der Waals surface area contributed by atoms with Gasteiger partial charge in [-0.05, 0) is 0 Å². The van der Waals surface area contributed by atoms with E-state index in [2.05, 4.69) is 14.9 Å². The lowest BCUT2D eigenvalue weighted by Gasteiger charge is -2.02. The van der Waals surface area contributed by atoms with Gasteiger partial charge in [-0.2, -0.15) is 10.2 Å². The first-order chi connectivity index (χ1) is 9.51. The monoisotopic (exact) mass is 278 g/mol. The van der Waals surface area contributed by atoms with Crippen LogP contribution in [0.25, 0.3) is 5.69 Å². The summed E-state index contributed by atoms with van der Waals surface area (Å²) in [4.78, 5) is 33.2. The first-order valence-electron chi connectivity index (χ1n) is 5.44. The Morgan fingerprint density at radius 3 is 2.85 bits per heavy atom. The highest BCUT2D eigenvalue weighted by Gasteiger charge is 2.12. The van der Waals surface area contributed by atoms with Crippen LogP contribution >= 0.6 is 0 Å². The third kappa shape index (κ3) is 2.71. The molecule has 0 aliphatic heterocycles. The summed E-state index contributed by atoms with van der Waals surface area (Å²) in [5, 5.41) is 16.4. The second-order valence-corrected chi connectivity index (χ2v) is 3.75. The third-order valence-electron chi connectivity index (χ3n) is 2.41. The maximum Gasteiger partial charge on any atom is 0.360 e. The minimum Gasteiger partial charge on any atom is -0.476 e. The number of aromatic nitrogens is 4. The van der Waals surface area contributed by atoms with Crippen molar-refractivity contribution in [2.45, 2.75) is 6.54 Å². The largest absolute Gasteiger partial charge is 0.476 e. The summed E-state index contributed by atoms with van der Waals surface area (Å²) in [6.45, 7) is -0.0809. The average Bonchev–Trinajstić information content (AvgIpc) is 2.87. The minimum atomic E-state index is -1.41. The highest BCUT2D eigenvalue weighted by atomic mass is 16.5. The Balaban J connectivity index is 2.33. The lowest BCUT2D eigenvalue weighted by atomic mass is 10.4. The van der Waals surface area contributed by atoms with Crippen molar-refractivity contribution in [3.05, 3.63) is 40.6 Å². The number of rotatable bonds is 4. The molecule has 0 bridgehead atoms. The second kappa shape index (κ2) is 5.34. The van der Waals surface area contributed by atoms with Crippen LogP contribution in [0, 0.1) is 0 Å². The van der Waals surface area contributed by atoms with Crippen LogP contribution < -0.4 is 5.43 Å². The molecule has 104 valence electrons. The van der Waals surface area contributed by atoms with Crippen molar-refractivity contribution in [2.24, 2.45) is 0 Å². The van der Waals surface area contributed by atoms with E-state index in [1.165, 1.54) is 35.1 Å². The smallest absolute Gasteiger partial charge is 0.360 e. The van der Waals surface area contributed by atoms with Crippen LogP contribution in [-0.4, -0.2) is 43.7 Å². The molecule has 0 aliphatic rings. The molecule has 0 spiro atoms. The van der Waals surface area contributed by atoms with Crippen LogP contribution in [0.15, 0.2) is 29.5 Å². The van der Waals surface area contributed by atoms with Crippen molar-refractivity contribution in [3.8, 4) is 5.69 Å². The van der Waals surface area contributed by atoms with Gasteiger partial charge in [-0.1, -0.05) is 0 Å². The van der Waals surface area contributed by atoms with E-state index in [1.807, 2.05) is 0 Å². The number of aromatic carboxylic acids is 1. The van der Waals surface area contributed by atoms with Crippen molar-refractivity contribution in [2.75, 3.05) is 7.11 Å². The van der Waals surface area contributed by atoms with Crippen LogP contribution in [-0.2, 0) is 16.1 Å². The van der Waals surface area contributed by atoms with E-state index in [0.717, 1.165) is 6.07 Å².